The summed E-state index contributed by atoms with van der Waals surface area (Å²) < 4.78 is 6.57. The number of ketones is 1. The molecule has 1 atom stereocenters. The fraction of sp³-hybridized carbons (Fsp3) is 0.167. The Kier molecular flexibility index (Phi) is 5.11. The molecule has 0 aromatic carbocycles. The van der Waals surface area contributed by atoms with Crippen LogP contribution in [0.3, 0.4) is 0 Å². The van der Waals surface area contributed by atoms with Crippen molar-refractivity contribution >= 4 is 17.6 Å². The van der Waals surface area contributed by atoms with E-state index in [9.17, 15) is 14.4 Å². The van der Waals surface area contributed by atoms with Gasteiger partial charge in [-0.15, -0.1) is 0 Å². The molecule has 3 heterocycles. The van der Waals surface area contributed by atoms with Crippen LogP contribution in [0, 0.1) is 6.92 Å². The van der Waals surface area contributed by atoms with E-state index in [1.807, 2.05) is 0 Å². The molecule has 0 saturated carbocycles. The molecule has 9 heteroatoms. The van der Waals surface area contributed by atoms with Crippen molar-refractivity contribution in [2.24, 2.45) is 5.73 Å². The van der Waals surface area contributed by atoms with E-state index < -0.39 is 23.6 Å². The first-order valence-corrected chi connectivity index (χ1v) is 8.07. The van der Waals surface area contributed by atoms with E-state index in [0.29, 0.717) is 17.1 Å². The molecule has 3 N–H and O–H groups in total. The fourth-order valence-corrected chi connectivity index (χ4v) is 2.67. The average Bonchev–Trinajstić information content (AvgIpc) is 3.30. The third-order valence-electron chi connectivity index (χ3n) is 3.96. The summed E-state index contributed by atoms with van der Waals surface area (Å²) in [5.74, 6) is -2.02. The van der Waals surface area contributed by atoms with Crippen LogP contribution in [0.1, 0.15) is 21.9 Å². The fourth-order valence-electron chi connectivity index (χ4n) is 2.67. The van der Waals surface area contributed by atoms with Gasteiger partial charge in [-0.1, -0.05) is 0 Å². The number of furan rings is 1. The normalized spacial score (nSPS) is 11.7. The van der Waals surface area contributed by atoms with Gasteiger partial charge in [0.05, 0.1) is 30.6 Å². The number of aryl methyl sites for hydroxylation is 1. The molecule has 1 unspecified atom stereocenters. The standard InChI is InChI=1S/C18H17N5O4/c1-11-21-9-15(23(11)13-3-2-5-20-8-13)18(26)22-14(16(24)17(19)25)7-12-4-6-27-10-12/h2-6,8-10,14H,7H2,1H3,(H2,19,25)(H,22,26). The van der Waals surface area contributed by atoms with E-state index in [1.165, 1.54) is 18.7 Å². The number of amides is 2. The summed E-state index contributed by atoms with van der Waals surface area (Å²) in [6.07, 6.45) is 7.53. The number of Topliss-reactive ketones (excluding diaryl/α,β-unsaturated/α-hetero) is 1. The number of rotatable bonds is 7. The van der Waals surface area contributed by atoms with Crippen LogP contribution in [0.25, 0.3) is 5.69 Å². The number of imidazole rings is 1. The lowest BCUT2D eigenvalue weighted by Gasteiger charge is -2.16. The number of carbonyl (C=O) groups is 3. The van der Waals surface area contributed by atoms with E-state index in [1.54, 1.807) is 42.1 Å². The number of hydrogen-bond donors (Lipinski definition) is 2. The summed E-state index contributed by atoms with van der Waals surface area (Å²) >= 11 is 0. The Morgan fingerprint density at radius 2 is 2.11 bits per heavy atom. The molecule has 0 aliphatic heterocycles. The van der Waals surface area contributed by atoms with Crippen molar-refractivity contribution < 1.29 is 18.8 Å². The number of pyridine rings is 1. The van der Waals surface area contributed by atoms with Crippen LogP contribution in [0.5, 0.6) is 0 Å². The molecule has 0 radical (unpaired) electrons. The van der Waals surface area contributed by atoms with Crippen molar-refractivity contribution in [2.75, 3.05) is 0 Å². The maximum absolute atomic E-state index is 12.8. The van der Waals surface area contributed by atoms with E-state index in [0.717, 1.165) is 0 Å². The lowest BCUT2D eigenvalue weighted by molar-refractivity contribution is -0.137. The van der Waals surface area contributed by atoms with Crippen LogP contribution in [-0.2, 0) is 16.0 Å². The summed E-state index contributed by atoms with van der Waals surface area (Å²) in [4.78, 5) is 44.5. The molecular formula is C18H17N5O4. The third-order valence-corrected chi connectivity index (χ3v) is 3.96. The zero-order valence-electron chi connectivity index (χ0n) is 14.5. The first kappa shape index (κ1) is 18.1. The van der Waals surface area contributed by atoms with Crippen LogP contribution < -0.4 is 11.1 Å². The van der Waals surface area contributed by atoms with E-state index in [4.69, 9.17) is 10.2 Å². The Balaban J connectivity index is 1.88. The second-order valence-electron chi connectivity index (χ2n) is 5.83. The molecule has 0 aliphatic carbocycles. The van der Waals surface area contributed by atoms with Crippen LogP contribution in [-0.4, -0.2) is 38.2 Å². The van der Waals surface area contributed by atoms with Gasteiger partial charge in [-0.25, -0.2) is 4.98 Å². The monoisotopic (exact) mass is 367 g/mol. The predicted octanol–water partition coefficient (Wildman–Crippen LogP) is 0.564. The average molecular weight is 367 g/mol. The maximum atomic E-state index is 12.8. The maximum Gasteiger partial charge on any atom is 0.287 e. The molecule has 27 heavy (non-hydrogen) atoms. The topological polar surface area (TPSA) is 133 Å². The number of nitrogens with two attached hydrogens (primary N) is 1. The molecule has 0 aliphatic rings. The summed E-state index contributed by atoms with van der Waals surface area (Å²) in [7, 11) is 0. The number of aromatic nitrogens is 3. The Morgan fingerprint density at radius 1 is 1.30 bits per heavy atom. The van der Waals surface area contributed by atoms with Gasteiger partial charge in [-0.05, 0) is 30.7 Å². The first-order chi connectivity index (χ1) is 13.0. The van der Waals surface area contributed by atoms with Crippen molar-refractivity contribution in [3.8, 4) is 5.69 Å². The SMILES string of the molecule is Cc1ncc(C(=O)NC(Cc2ccoc2)C(=O)C(N)=O)n1-c1cccnc1. The van der Waals surface area contributed by atoms with Gasteiger partial charge < -0.3 is 15.5 Å². The minimum atomic E-state index is -1.12. The molecule has 0 spiro atoms. The Labute approximate surface area is 154 Å². The first-order valence-electron chi connectivity index (χ1n) is 8.07. The molecule has 9 nitrogen and oxygen atoms in total. The van der Waals surface area contributed by atoms with Gasteiger partial charge in [0.2, 0.25) is 5.78 Å². The van der Waals surface area contributed by atoms with Crippen LogP contribution in [0.2, 0.25) is 0 Å². The van der Waals surface area contributed by atoms with Gasteiger partial charge in [0.25, 0.3) is 11.8 Å². The minimum absolute atomic E-state index is 0.0734. The summed E-state index contributed by atoms with van der Waals surface area (Å²) in [5, 5.41) is 2.56. The summed E-state index contributed by atoms with van der Waals surface area (Å²) in [6.45, 7) is 1.74. The van der Waals surface area contributed by atoms with Gasteiger partial charge in [0.1, 0.15) is 17.6 Å². The third kappa shape index (κ3) is 3.92. The number of hydrogen-bond acceptors (Lipinski definition) is 6. The number of primary amides is 1. The zero-order valence-corrected chi connectivity index (χ0v) is 14.5. The smallest absolute Gasteiger partial charge is 0.287 e. The van der Waals surface area contributed by atoms with E-state index in [2.05, 4.69) is 15.3 Å². The molecule has 3 rings (SSSR count). The predicted molar refractivity (Wildman–Crippen MR) is 94.0 cm³/mol. The highest BCUT2D eigenvalue weighted by Crippen LogP contribution is 2.14. The quantitative estimate of drug-likeness (QED) is 0.586. The lowest BCUT2D eigenvalue weighted by atomic mass is 10.0. The molecule has 0 saturated heterocycles. The Hall–Kier alpha value is -3.75. The number of nitrogens with zero attached hydrogens (tertiary/aromatic N) is 3. The Bertz CT molecular complexity index is 963. The highest BCUT2D eigenvalue weighted by molar-refractivity contribution is 6.38. The largest absolute Gasteiger partial charge is 0.472 e. The van der Waals surface area contributed by atoms with Crippen molar-refractivity contribution in [3.05, 3.63) is 66.4 Å². The molecule has 2 amide bonds. The molecule has 3 aromatic heterocycles. The van der Waals surface area contributed by atoms with Crippen molar-refractivity contribution in [2.45, 2.75) is 19.4 Å². The van der Waals surface area contributed by atoms with E-state index in [-0.39, 0.29) is 12.1 Å². The number of carbonyl (C=O) groups excluding carboxylic acids is 3. The van der Waals surface area contributed by atoms with Crippen molar-refractivity contribution in [3.63, 3.8) is 0 Å². The van der Waals surface area contributed by atoms with E-state index >= 15 is 0 Å². The second kappa shape index (κ2) is 7.65. The minimum Gasteiger partial charge on any atom is -0.472 e. The second-order valence-corrected chi connectivity index (χ2v) is 5.83. The number of nitrogens with one attached hydrogen (secondary N) is 1. The van der Waals surface area contributed by atoms with Crippen LogP contribution >= 0.6 is 0 Å². The van der Waals surface area contributed by atoms with Gasteiger partial charge in [-0.3, -0.25) is 23.9 Å². The highest BCUT2D eigenvalue weighted by atomic mass is 16.3. The molecule has 138 valence electrons. The van der Waals surface area contributed by atoms with Gasteiger partial charge >= 0.3 is 0 Å². The zero-order chi connectivity index (χ0) is 19.4. The van der Waals surface area contributed by atoms with Gasteiger partial charge in [0.15, 0.2) is 0 Å². The summed E-state index contributed by atoms with van der Waals surface area (Å²) in [6, 6.07) is 4.02. The summed E-state index contributed by atoms with van der Waals surface area (Å²) in [5.41, 5.74) is 6.61. The van der Waals surface area contributed by atoms with Crippen molar-refractivity contribution in [1.82, 2.24) is 19.9 Å². The highest BCUT2D eigenvalue weighted by Gasteiger charge is 2.27. The molecule has 3 aromatic rings. The Morgan fingerprint density at radius 3 is 2.74 bits per heavy atom. The molecular weight excluding hydrogens is 350 g/mol. The van der Waals surface area contributed by atoms with Crippen LogP contribution in [0.15, 0.2) is 53.7 Å². The van der Waals surface area contributed by atoms with Gasteiger partial charge in [-0.2, -0.15) is 0 Å². The van der Waals surface area contributed by atoms with Gasteiger partial charge in [0, 0.05) is 12.6 Å². The lowest BCUT2D eigenvalue weighted by Crippen LogP contribution is -2.47. The van der Waals surface area contributed by atoms with Crippen molar-refractivity contribution in [1.29, 1.82) is 0 Å². The molecule has 0 fully saturated rings. The van der Waals surface area contributed by atoms with Crippen LogP contribution in [0.4, 0.5) is 0 Å². The molecule has 0 bridgehead atoms.